The van der Waals surface area contributed by atoms with Crippen LogP contribution in [0.25, 0.3) is 0 Å². The molecule has 1 atom stereocenters. The van der Waals surface area contributed by atoms with Gasteiger partial charge in [-0.2, -0.15) is 0 Å². The first kappa shape index (κ1) is 13.5. The fourth-order valence-corrected chi connectivity index (χ4v) is 1.89. The van der Waals surface area contributed by atoms with E-state index in [1.807, 2.05) is 5.32 Å². The molecule has 1 aromatic heterocycles. The second kappa shape index (κ2) is 5.64. The summed E-state index contributed by atoms with van der Waals surface area (Å²) in [5, 5.41) is 9.79. The number of imide groups is 1. The third kappa shape index (κ3) is 3.43. The number of aromatic nitrogens is 3. The molecule has 0 saturated carbocycles. The Bertz CT molecular complexity index is 432. The molecule has 94 valence electrons. The first-order valence-electron chi connectivity index (χ1n) is 4.81. The molecule has 1 rings (SSSR count). The highest BCUT2D eigenvalue weighted by molar-refractivity contribution is 8.00. The van der Waals surface area contributed by atoms with Gasteiger partial charge in [0.1, 0.15) is 5.82 Å². The monoisotopic (exact) mass is 258 g/mol. The topological polar surface area (TPSA) is 129 Å². The normalized spacial score (nSPS) is 12.2. The molecule has 1 unspecified atom stereocenters. The molecule has 3 amide bonds. The molecular weight excluding hydrogens is 244 g/mol. The van der Waals surface area contributed by atoms with Crippen LogP contribution in [0.4, 0.5) is 4.79 Å². The molecule has 5 N–H and O–H groups in total. The van der Waals surface area contributed by atoms with E-state index in [4.69, 9.17) is 11.5 Å². The Morgan fingerprint density at radius 1 is 1.53 bits per heavy atom. The predicted molar refractivity (Wildman–Crippen MR) is 61.9 cm³/mol. The van der Waals surface area contributed by atoms with Gasteiger partial charge in [-0.15, -0.1) is 10.2 Å². The Morgan fingerprint density at radius 2 is 2.18 bits per heavy atom. The molecule has 1 aromatic rings. The van der Waals surface area contributed by atoms with Gasteiger partial charge in [0.2, 0.25) is 5.91 Å². The Hall–Kier alpha value is -1.61. The zero-order valence-electron chi connectivity index (χ0n) is 9.51. The summed E-state index contributed by atoms with van der Waals surface area (Å²) in [6, 6.07) is -0.872. The molecule has 1 heterocycles. The van der Waals surface area contributed by atoms with Crippen molar-refractivity contribution in [2.24, 2.45) is 18.5 Å². The molecule has 0 bridgehead atoms. The van der Waals surface area contributed by atoms with E-state index in [-0.39, 0.29) is 6.54 Å². The number of carbonyl (C=O) groups is 2. The molecule has 0 aliphatic heterocycles. The lowest BCUT2D eigenvalue weighted by Crippen LogP contribution is -2.39. The zero-order chi connectivity index (χ0) is 13.0. The van der Waals surface area contributed by atoms with Crippen molar-refractivity contribution < 1.29 is 9.59 Å². The van der Waals surface area contributed by atoms with Gasteiger partial charge in [0.05, 0.1) is 11.8 Å². The van der Waals surface area contributed by atoms with Crippen molar-refractivity contribution >= 4 is 23.7 Å². The van der Waals surface area contributed by atoms with Crippen LogP contribution in [0.1, 0.15) is 12.7 Å². The van der Waals surface area contributed by atoms with Gasteiger partial charge in [0.25, 0.3) is 0 Å². The molecule has 0 radical (unpaired) electrons. The van der Waals surface area contributed by atoms with E-state index in [1.54, 1.807) is 18.5 Å². The fraction of sp³-hybridized carbons (Fsp3) is 0.500. The van der Waals surface area contributed by atoms with Crippen molar-refractivity contribution in [3.63, 3.8) is 0 Å². The van der Waals surface area contributed by atoms with E-state index in [9.17, 15) is 9.59 Å². The maximum atomic E-state index is 11.4. The molecule has 0 spiro atoms. The van der Waals surface area contributed by atoms with E-state index >= 15 is 0 Å². The lowest BCUT2D eigenvalue weighted by atomic mass is 10.4. The van der Waals surface area contributed by atoms with Gasteiger partial charge in [-0.25, -0.2) is 4.79 Å². The van der Waals surface area contributed by atoms with Gasteiger partial charge in [-0.05, 0) is 6.92 Å². The second-order valence-corrected chi connectivity index (χ2v) is 4.58. The summed E-state index contributed by atoms with van der Waals surface area (Å²) in [6.07, 6.45) is 0. The average Bonchev–Trinajstić information content (AvgIpc) is 2.59. The number of carbonyl (C=O) groups excluding carboxylic acids is 2. The molecule has 0 aliphatic carbocycles. The van der Waals surface area contributed by atoms with E-state index in [1.165, 1.54) is 11.8 Å². The molecule has 9 heteroatoms. The molecule has 17 heavy (non-hydrogen) atoms. The predicted octanol–water partition coefficient (Wildman–Crippen LogP) is -1.05. The van der Waals surface area contributed by atoms with Gasteiger partial charge in [0.15, 0.2) is 5.16 Å². The maximum Gasteiger partial charge on any atom is 0.318 e. The van der Waals surface area contributed by atoms with Gasteiger partial charge in [-0.3, -0.25) is 10.1 Å². The van der Waals surface area contributed by atoms with Gasteiger partial charge in [-0.1, -0.05) is 11.8 Å². The highest BCUT2D eigenvalue weighted by Gasteiger charge is 2.19. The first-order valence-corrected chi connectivity index (χ1v) is 5.69. The smallest absolute Gasteiger partial charge is 0.318 e. The van der Waals surface area contributed by atoms with Crippen molar-refractivity contribution in [3.05, 3.63) is 5.82 Å². The molecule has 0 aliphatic rings. The van der Waals surface area contributed by atoms with Crippen molar-refractivity contribution in [2.75, 3.05) is 0 Å². The Morgan fingerprint density at radius 3 is 2.65 bits per heavy atom. The molecular formula is C8H14N6O2S. The van der Waals surface area contributed by atoms with Gasteiger partial charge < -0.3 is 16.0 Å². The Balaban J connectivity index is 2.67. The number of thioether (sulfide) groups is 1. The molecule has 0 fully saturated rings. The number of nitrogens with zero attached hydrogens (tertiary/aromatic N) is 3. The maximum absolute atomic E-state index is 11.4. The third-order valence-corrected chi connectivity index (χ3v) is 3.14. The van der Waals surface area contributed by atoms with Crippen molar-refractivity contribution in [2.45, 2.75) is 23.9 Å². The van der Waals surface area contributed by atoms with Crippen LogP contribution in [0.5, 0.6) is 0 Å². The van der Waals surface area contributed by atoms with E-state index in [0.717, 1.165) is 0 Å². The van der Waals surface area contributed by atoms with Crippen molar-refractivity contribution in [3.8, 4) is 0 Å². The minimum Gasteiger partial charge on any atom is -0.351 e. The van der Waals surface area contributed by atoms with Crippen LogP contribution < -0.4 is 16.8 Å². The van der Waals surface area contributed by atoms with E-state index in [2.05, 4.69) is 10.2 Å². The number of nitrogens with one attached hydrogen (secondary N) is 1. The van der Waals surface area contributed by atoms with Crippen LogP contribution in [0.3, 0.4) is 0 Å². The first-order chi connectivity index (χ1) is 7.95. The summed E-state index contributed by atoms with van der Waals surface area (Å²) in [5.74, 6) is 0.148. The van der Waals surface area contributed by atoms with Crippen LogP contribution in [-0.4, -0.2) is 32.0 Å². The average molecular weight is 258 g/mol. The number of urea groups is 1. The standard InChI is InChI=1S/C8H14N6O2S/c1-4(6(15)11-7(10)16)17-8-13-12-5(3-9)14(8)2/h4H,3,9H2,1-2H3,(H3,10,11,15,16). The summed E-state index contributed by atoms with van der Waals surface area (Å²) in [4.78, 5) is 21.9. The largest absolute Gasteiger partial charge is 0.351 e. The minimum atomic E-state index is -0.872. The quantitative estimate of drug-likeness (QED) is 0.591. The lowest BCUT2D eigenvalue weighted by molar-refractivity contribution is -0.119. The number of nitrogens with two attached hydrogens (primary N) is 2. The van der Waals surface area contributed by atoms with Crippen molar-refractivity contribution in [1.29, 1.82) is 0 Å². The second-order valence-electron chi connectivity index (χ2n) is 3.28. The summed E-state index contributed by atoms with van der Waals surface area (Å²) in [6.45, 7) is 1.91. The van der Waals surface area contributed by atoms with Gasteiger partial charge >= 0.3 is 6.03 Å². The van der Waals surface area contributed by atoms with E-state index in [0.29, 0.717) is 11.0 Å². The molecule has 0 saturated heterocycles. The highest BCUT2D eigenvalue weighted by atomic mass is 32.2. The molecule has 8 nitrogen and oxygen atoms in total. The number of hydrogen-bond acceptors (Lipinski definition) is 6. The van der Waals surface area contributed by atoms with E-state index < -0.39 is 17.2 Å². The summed E-state index contributed by atoms with van der Waals surface area (Å²) in [5.41, 5.74) is 10.3. The number of hydrogen-bond donors (Lipinski definition) is 3. The van der Waals surface area contributed by atoms with Crippen molar-refractivity contribution in [1.82, 2.24) is 20.1 Å². The summed E-state index contributed by atoms with van der Waals surface area (Å²) in [7, 11) is 1.75. The van der Waals surface area contributed by atoms with Crippen LogP contribution in [-0.2, 0) is 18.4 Å². The zero-order valence-corrected chi connectivity index (χ0v) is 10.3. The van der Waals surface area contributed by atoms with Crippen LogP contribution in [0.2, 0.25) is 0 Å². The Kier molecular flexibility index (Phi) is 4.46. The fourth-order valence-electron chi connectivity index (χ4n) is 1.06. The summed E-state index contributed by atoms with van der Waals surface area (Å²) < 4.78 is 1.69. The van der Waals surface area contributed by atoms with Crippen LogP contribution in [0.15, 0.2) is 5.16 Å². The number of amides is 3. The SMILES string of the molecule is CC(Sc1nnc(CN)n1C)C(=O)NC(N)=O. The summed E-state index contributed by atoms with van der Waals surface area (Å²) >= 11 is 1.17. The molecule has 0 aromatic carbocycles. The Labute approximate surface area is 102 Å². The van der Waals surface area contributed by atoms with Crippen LogP contribution >= 0.6 is 11.8 Å². The third-order valence-electron chi connectivity index (χ3n) is 2.01. The number of rotatable bonds is 4. The van der Waals surface area contributed by atoms with Gasteiger partial charge in [0, 0.05) is 7.05 Å². The lowest BCUT2D eigenvalue weighted by Gasteiger charge is -2.09. The number of primary amides is 1. The van der Waals surface area contributed by atoms with Crippen LogP contribution in [0, 0.1) is 0 Å². The highest BCUT2D eigenvalue weighted by Crippen LogP contribution is 2.21. The minimum absolute atomic E-state index is 0.270.